The van der Waals surface area contributed by atoms with Gasteiger partial charge in [-0.25, -0.2) is 9.34 Å². The lowest BCUT2D eigenvalue weighted by Gasteiger charge is -2.35. The molecule has 2 aromatic rings. The Balaban J connectivity index is 1.63. The van der Waals surface area contributed by atoms with Crippen molar-refractivity contribution in [3.05, 3.63) is 71.8 Å². The van der Waals surface area contributed by atoms with Crippen LogP contribution in [0.3, 0.4) is 0 Å². The molecule has 1 aliphatic heterocycles. The summed E-state index contributed by atoms with van der Waals surface area (Å²) in [7, 11) is 4.10. The molecule has 0 amide bonds. The Morgan fingerprint density at radius 1 is 0.769 bits per heavy atom. The lowest BCUT2D eigenvalue weighted by Crippen LogP contribution is -2.39. The summed E-state index contributed by atoms with van der Waals surface area (Å²) >= 11 is 0. The highest BCUT2D eigenvalue weighted by atomic mass is 31.2. The molecule has 2 aromatic carbocycles. The highest BCUT2D eigenvalue weighted by Gasteiger charge is 2.48. The first-order chi connectivity index (χ1) is 12.7. The Morgan fingerprint density at radius 2 is 1.19 bits per heavy atom. The van der Waals surface area contributed by atoms with Crippen molar-refractivity contribution in [1.29, 1.82) is 0 Å². The third-order valence-electron chi connectivity index (χ3n) is 5.65. The summed E-state index contributed by atoms with van der Waals surface area (Å²) in [4.78, 5) is 0. The molecule has 0 radical (unpaired) electrons. The molecule has 2 atom stereocenters. The fraction of sp³-hybridized carbons (Fsp3) is 0.455. The second-order valence-electron chi connectivity index (χ2n) is 7.70. The molecule has 138 valence electrons. The van der Waals surface area contributed by atoms with Crippen LogP contribution in [0.5, 0.6) is 0 Å². The van der Waals surface area contributed by atoms with Crippen molar-refractivity contribution in [1.82, 2.24) is 14.0 Å². The number of hydrogen-bond donors (Lipinski definition) is 0. The summed E-state index contributed by atoms with van der Waals surface area (Å²) in [5, 5.41) is 0. The molecular weight excluding hydrogens is 337 g/mol. The molecular formula is C22H30N3P. The summed E-state index contributed by atoms with van der Waals surface area (Å²) in [6.07, 6.45) is 5.44. The summed E-state index contributed by atoms with van der Waals surface area (Å²) in [5.74, 6) is 0. The topological polar surface area (TPSA) is 9.72 Å². The van der Waals surface area contributed by atoms with Crippen LogP contribution in [0.2, 0.25) is 0 Å². The van der Waals surface area contributed by atoms with Crippen molar-refractivity contribution in [3.63, 3.8) is 0 Å². The van der Waals surface area contributed by atoms with Gasteiger partial charge in [-0.2, -0.15) is 0 Å². The van der Waals surface area contributed by atoms with E-state index >= 15 is 0 Å². The van der Waals surface area contributed by atoms with Crippen LogP contribution in [0, 0.1) is 0 Å². The Hall–Kier alpha value is -1.25. The van der Waals surface area contributed by atoms with Gasteiger partial charge in [0.1, 0.15) is 8.37 Å². The van der Waals surface area contributed by atoms with E-state index in [0.717, 1.165) is 13.1 Å². The van der Waals surface area contributed by atoms with Crippen molar-refractivity contribution in [2.75, 3.05) is 14.1 Å². The van der Waals surface area contributed by atoms with E-state index < -0.39 is 8.37 Å². The smallest absolute Gasteiger partial charge is 0.120 e. The first kappa shape index (κ1) is 18.1. The third kappa shape index (κ3) is 3.73. The molecule has 0 unspecified atom stereocenters. The maximum Gasteiger partial charge on any atom is 0.120 e. The first-order valence-corrected chi connectivity index (χ1v) is 11.0. The molecule has 2 aliphatic rings. The second-order valence-corrected chi connectivity index (χ2v) is 10.1. The maximum absolute atomic E-state index is 2.82. The average molecular weight is 367 g/mol. The molecule has 0 spiro atoms. The first-order valence-electron chi connectivity index (χ1n) is 9.82. The molecule has 2 fully saturated rings. The van der Waals surface area contributed by atoms with E-state index in [0.29, 0.717) is 12.1 Å². The van der Waals surface area contributed by atoms with Crippen molar-refractivity contribution in [2.45, 2.75) is 50.9 Å². The number of benzene rings is 2. The van der Waals surface area contributed by atoms with E-state index in [1.54, 1.807) is 0 Å². The molecule has 0 bridgehead atoms. The predicted molar refractivity (Wildman–Crippen MR) is 111 cm³/mol. The van der Waals surface area contributed by atoms with Crippen LogP contribution in [0.25, 0.3) is 0 Å². The van der Waals surface area contributed by atoms with Crippen LogP contribution in [0.4, 0.5) is 0 Å². The van der Waals surface area contributed by atoms with Gasteiger partial charge in [0.15, 0.2) is 0 Å². The SMILES string of the molecule is CN(C)P1N(Cc2ccccc2)[C@@H]2CCCC[C@H]2N1Cc1ccccc1. The largest absolute Gasteiger partial charge is 0.263 e. The molecule has 3 nitrogen and oxygen atoms in total. The van der Waals surface area contributed by atoms with Crippen LogP contribution in [-0.4, -0.2) is 40.2 Å². The van der Waals surface area contributed by atoms with Gasteiger partial charge < -0.3 is 0 Å². The second kappa shape index (κ2) is 8.19. The van der Waals surface area contributed by atoms with Gasteiger partial charge in [0.05, 0.1) is 0 Å². The van der Waals surface area contributed by atoms with Crippen LogP contribution in [0.1, 0.15) is 36.8 Å². The quantitative estimate of drug-likeness (QED) is 0.681. The Bertz CT molecular complexity index is 634. The van der Waals surface area contributed by atoms with Gasteiger partial charge in [0.25, 0.3) is 0 Å². The van der Waals surface area contributed by atoms with E-state index in [1.165, 1.54) is 36.8 Å². The zero-order chi connectivity index (χ0) is 17.9. The normalized spacial score (nSPS) is 24.9. The fourth-order valence-corrected chi connectivity index (χ4v) is 7.42. The number of nitrogens with zero attached hydrogens (tertiary/aromatic N) is 3. The van der Waals surface area contributed by atoms with Crippen molar-refractivity contribution < 1.29 is 0 Å². The van der Waals surface area contributed by atoms with Crippen molar-refractivity contribution in [3.8, 4) is 0 Å². The zero-order valence-corrected chi connectivity index (χ0v) is 16.9. The highest BCUT2D eigenvalue weighted by molar-refractivity contribution is 7.50. The summed E-state index contributed by atoms with van der Waals surface area (Å²) in [5.41, 5.74) is 2.88. The van der Waals surface area contributed by atoms with Gasteiger partial charge in [0.2, 0.25) is 0 Å². The number of hydrogen-bond acceptors (Lipinski definition) is 3. The maximum atomic E-state index is 2.82. The average Bonchev–Trinajstić information content (AvgIpc) is 2.97. The molecule has 1 saturated heterocycles. The Kier molecular flexibility index (Phi) is 5.71. The summed E-state index contributed by atoms with van der Waals surface area (Å²) in [6.45, 7) is 2.13. The molecule has 1 saturated carbocycles. The van der Waals surface area contributed by atoms with Gasteiger partial charge in [-0.1, -0.05) is 73.5 Å². The van der Waals surface area contributed by atoms with E-state index in [-0.39, 0.29) is 0 Å². The number of fused-ring (bicyclic) bond motifs is 1. The van der Waals surface area contributed by atoms with Crippen molar-refractivity contribution >= 4 is 8.37 Å². The van der Waals surface area contributed by atoms with E-state index in [9.17, 15) is 0 Å². The van der Waals surface area contributed by atoms with Crippen LogP contribution in [-0.2, 0) is 13.1 Å². The summed E-state index contributed by atoms with van der Waals surface area (Å²) in [6, 6.07) is 23.4. The summed E-state index contributed by atoms with van der Waals surface area (Å²) < 4.78 is 8.11. The van der Waals surface area contributed by atoms with Crippen LogP contribution in [0.15, 0.2) is 60.7 Å². The minimum Gasteiger partial charge on any atom is -0.263 e. The van der Waals surface area contributed by atoms with Gasteiger partial charge >= 0.3 is 0 Å². The van der Waals surface area contributed by atoms with Gasteiger partial charge in [0, 0.05) is 25.2 Å². The van der Waals surface area contributed by atoms with E-state index in [1.807, 2.05) is 0 Å². The molecule has 0 aromatic heterocycles. The Labute approximate surface area is 159 Å². The van der Waals surface area contributed by atoms with Gasteiger partial charge in [-0.3, -0.25) is 4.67 Å². The molecule has 0 N–H and O–H groups in total. The molecule has 26 heavy (non-hydrogen) atoms. The molecule has 1 aliphatic carbocycles. The molecule has 1 heterocycles. The Morgan fingerprint density at radius 3 is 1.58 bits per heavy atom. The highest BCUT2D eigenvalue weighted by Crippen LogP contribution is 2.59. The van der Waals surface area contributed by atoms with Crippen LogP contribution < -0.4 is 0 Å². The van der Waals surface area contributed by atoms with Gasteiger partial charge in [-0.15, -0.1) is 0 Å². The van der Waals surface area contributed by atoms with E-state index in [2.05, 4.69) is 88.8 Å². The van der Waals surface area contributed by atoms with E-state index in [4.69, 9.17) is 0 Å². The molecule has 4 heteroatoms. The lowest BCUT2D eigenvalue weighted by atomic mass is 9.90. The predicted octanol–water partition coefficient (Wildman–Crippen LogP) is 5.10. The molecule has 4 rings (SSSR count). The number of rotatable bonds is 5. The minimum atomic E-state index is -0.429. The third-order valence-corrected chi connectivity index (χ3v) is 8.16. The minimum absolute atomic E-state index is 0.429. The lowest BCUT2D eigenvalue weighted by molar-refractivity contribution is 0.197. The van der Waals surface area contributed by atoms with Gasteiger partial charge in [-0.05, 0) is 38.1 Å². The van der Waals surface area contributed by atoms with Crippen molar-refractivity contribution in [2.24, 2.45) is 0 Å². The zero-order valence-electron chi connectivity index (χ0n) is 16.0. The standard InChI is InChI=1S/C22H30N3P/c1-23(2)26-24(17-19-11-5-3-6-12-19)21-15-9-10-16-22(21)25(26)18-20-13-7-4-8-14-20/h3-8,11-14,21-22H,9-10,15-18H2,1-2H3/t21-,22-/m1/s1. The van der Waals surface area contributed by atoms with Crippen LogP contribution >= 0.6 is 8.37 Å². The monoisotopic (exact) mass is 367 g/mol. The fourth-order valence-electron chi connectivity index (χ4n) is 4.56.